The molecule has 0 unspecified atom stereocenters. The monoisotopic (exact) mass is 372 g/mol. The van der Waals surface area contributed by atoms with Crippen LogP contribution in [0.3, 0.4) is 0 Å². The zero-order valence-electron chi connectivity index (χ0n) is 17.7. The molecular weight excluding hydrogens is 332 g/mol. The molecule has 0 aromatic heterocycles. The van der Waals surface area contributed by atoms with Crippen molar-refractivity contribution in [3.05, 3.63) is 23.3 Å². The molecule has 2 fully saturated rings. The fourth-order valence-electron chi connectivity index (χ4n) is 4.39. The number of aryl methyl sites for hydroxylation is 1. The fraction of sp³-hybridized carbons (Fsp3) is 0.760. The van der Waals surface area contributed by atoms with Crippen molar-refractivity contribution < 1.29 is 10.2 Å². The zero-order valence-corrected chi connectivity index (χ0v) is 17.7. The van der Waals surface area contributed by atoms with Crippen LogP contribution in [0.5, 0.6) is 11.5 Å². The van der Waals surface area contributed by atoms with Gasteiger partial charge in [0.2, 0.25) is 0 Å². The molecule has 2 aliphatic carbocycles. The molecule has 0 amide bonds. The van der Waals surface area contributed by atoms with Gasteiger partial charge < -0.3 is 10.2 Å². The molecule has 3 rings (SSSR count). The average molecular weight is 373 g/mol. The summed E-state index contributed by atoms with van der Waals surface area (Å²) in [6.45, 7) is 4.82. The van der Waals surface area contributed by atoms with E-state index in [0.29, 0.717) is 16.6 Å². The van der Waals surface area contributed by atoms with E-state index in [9.17, 15) is 10.2 Å². The number of hydrogen-bond donors (Lipinski definition) is 2. The Labute approximate surface area is 166 Å². The molecule has 0 spiro atoms. The Morgan fingerprint density at radius 2 is 1.22 bits per heavy atom. The summed E-state index contributed by atoms with van der Waals surface area (Å²) >= 11 is 0. The van der Waals surface area contributed by atoms with Gasteiger partial charge in [-0.15, -0.1) is 0 Å². The van der Waals surface area contributed by atoms with Crippen LogP contribution in [0.4, 0.5) is 0 Å². The van der Waals surface area contributed by atoms with Gasteiger partial charge in [-0.25, -0.2) is 0 Å². The van der Waals surface area contributed by atoms with Crippen LogP contribution in [0.2, 0.25) is 0 Å². The van der Waals surface area contributed by atoms with Crippen molar-refractivity contribution in [3.63, 3.8) is 0 Å². The molecule has 1 aromatic carbocycles. The highest BCUT2D eigenvalue weighted by Gasteiger charge is 2.36. The van der Waals surface area contributed by atoms with E-state index in [-0.39, 0.29) is 5.75 Å². The van der Waals surface area contributed by atoms with E-state index in [1.165, 1.54) is 76.7 Å². The van der Waals surface area contributed by atoms with Gasteiger partial charge in [0.15, 0.2) is 0 Å². The average Bonchev–Trinajstić information content (AvgIpc) is 3.52. The third-order valence-corrected chi connectivity index (χ3v) is 7.19. The molecule has 0 atom stereocenters. The molecule has 0 aliphatic heterocycles. The highest BCUT2D eigenvalue weighted by molar-refractivity contribution is 5.45. The summed E-state index contributed by atoms with van der Waals surface area (Å²) in [5, 5.41) is 20.2. The summed E-state index contributed by atoms with van der Waals surface area (Å²) in [6.07, 6.45) is 19.1. The highest BCUT2D eigenvalue weighted by Crippen LogP contribution is 2.49. The van der Waals surface area contributed by atoms with Gasteiger partial charge in [-0.2, -0.15) is 0 Å². The van der Waals surface area contributed by atoms with E-state index in [1.807, 2.05) is 6.07 Å². The lowest BCUT2D eigenvalue weighted by atomic mass is 9.94. The number of phenols is 2. The highest BCUT2D eigenvalue weighted by atomic mass is 16.3. The minimum absolute atomic E-state index is 0.203. The van der Waals surface area contributed by atoms with Crippen LogP contribution in [0.15, 0.2) is 12.1 Å². The molecule has 0 heterocycles. The van der Waals surface area contributed by atoms with Crippen molar-refractivity contribution in [1.82, 2.24) is 0 Å². The Balaban J connectivity index is 1.39. The van der Waals surface area contributed by atoms with Crippen molar-refractivity contribution >= 4 is 0 Å². The van der Waals surface area contributed by atoms with Gasteiger partial charge in [0.25, 0.3) is 0 Å². The number of phenolic OH excluding ortho intramolecular Hbond substituents is 2. The summed E-state index contributed by atoms with van der Waals surface area (Å²) in [4.78, 5) is 0. The van der Waals surface area contributed by atoms with E-state index in [1.54, 1.807) is 0 Å². The molecule has 0 radical (unpaired) electrons. The molecule has 2 saturated carbocycles. The molecule has 0 saturated heterocycles. The van der Waals surface area contributed by atoms with Gasteiger partial charge >= 0.3 is 0 Å². The van der Waals surface area contributed by atoms with E-state index < -0.39 is 0 Å². The molecule has 1 aromatic rings. The first-order valence-electron chi connectivity index (χ1n) is 11.4. The fourth-order valence-corrected chi connectivity index (χ4v) is 4.39. The molecular formula is C25H40O2. The summed E-state index contributed by atoms with van der Waals surface area (Å²) in [5.74, 6) is 0.496. The molecule has 2 N–H and O–H groups in total. The number of aromatic hydroxyl groups is 2. The predicted octanol–water partition coefficient (Wildman–Crippen LogP) is 7.29. The molecule has 27 heavy (non-hydrogen) atoms. The molecule has 152 valence electrons. The predicted molar refractivity (Wildman–Crippen MR) is 113 cm³/mol. The molecule has 2 heteroatoms. The first-order chi connectivity index (χ1) is 12.9. The second-order valence-corrected chi connectivity index (χ2v) is 10.2. The largest absolute Gasteiger partial charge is 0.508 e. The van der Waals surface area contributed by atoms with Gasteiger partial charge in [0, 0.05) is 6.07 Å². The maximum atomic E-state index is 10.3. The lowest BCUT2D eigenvalue weighted by Gasteiger charge is -2.13. The van der Waals surface area contributed by atoms with E-state index in [4.69, 9.17) is 0 Å². The second-order valence-electron chi connectivity index (χ2n) is 10.2. The van der Waals surface area contributed by atoms with Crippen molar-refractivity contribution in [2.75, 3.05) is 0 Å². The Bertz CT molecular complexity index is 611. The third kappa shape index (κ3) is 6.73. The summed E-state index contributed by atoms with van der Waals surface area (Å²) < 4.78 is 0. The SMILES string of the molecule is CC1(CCCCCCc2c(O)cc(O)cc2CCCCCC2(C)CC2)CC1. The topological polar surface area (TPSA) is 40.5 Å². The van der Waals surface area contributed by atoms with Crippen LogP contribution in [0.25, 0.3) is 0 Å². The van der Waals surface area contributed by atoms with Crippen molar-refractivity contribution in [3.8, 4) is 11.5 Å². The standard InChI is InChI=1S/C25H40O2/c1-24(14-15-24)12-8-4-3-7-11-22-20(18-21(26)19-23(22)27)10-6-5-9-13-25(2)16-17-25/h18-19,26-27H,3-17H2,1-2H3. The van der Waals surface area contributed by atoms with Gasteiger partial charge in [-0.3, -0.25) is 0 Å². The van der Waals surface area contributed by atoms with Crippen LogP contribution < -0.4 is 0 Å². The molecule has 0 bridgehead atoms. The summed E-state index contributed by atoms with van der Waals surface area (Å²) in [6, 6.07) is 3.39. The summed E-state index contributed by atoms with van der Waals surface area (Å²) in [7, 11) is 0. The first-order valence-corrected chi connectivity index (χ1v) is 11.4. The maximum absolute atomic E-state index is 10.3. The number of unbranched alkanes of at least 4 members (excludes halogenated alkanes) is 5. The van der Waals surface area contributed by atoms with Gasteiger partial charge in [0.1, 0.15) is 11.5 Å². The van der Waals surface area contributed by atoms with Crippen molar-refractivity contribution in [2.45, 2.75) is 110 Å². The molecule has 2 nitrogen and oxygen atoms in total. The Morgan fingerprint density at radius 1 is 0.704 bits per heavy atom. The van der Waals surface area contributed by atoms with E-state index in [0.717, 1.165) is 36.8 Å². The third-order valence-electron chi connectivity index (χ3n) is 7.19. The smallest absolute Gasteiger partial charge is 0.122 e. The number of rotatable bonds is 13. The van der Waals surface area contributed by atoms with Crippen LogP contribution in [0.1, 0.15) is 108 Å². The van der Waals surface area contributed by atoms with Gasteiger partial charge in [-0.1, -0.05) is 46.0 Å². The lowest BCUT2D eigenvalue weighted by Crippen LogP contribution is -1.98. The normalized spacial score (nSPS) is 19.2. The minimum Gasteiger partial charge on any atom is -0.508 e. The zero-order chi connectivity index (χ0) is 19.3. The van der Waals surface area contributed by atoms with Gasteiger partial charge in [-0.05, 0) is 92.2 Å². The number of hydrogen-bond acceptors (Lipinski definition) is 2. The van der Waals surface area contributed by atoms with Gasteiger partial charge in [0.05, 0.1) is 0 Å². The Morgan fingerprint density at radius 3 is 1.81 bits per heavy atom. The summed E-state index contributed by atoms with van der Waals surface area (Å²) in [5.41, 5.74) is 3.58. The van der Waals surface area contributed by atoms with Crippen molar-refractivity contribution in [1.29, 1.82) is 0 Å². The number of benzene rings is 1. The van der Waals surface area contributed by atoms with Crippen LogP contribution >= 0.6 is 0 Å². The Kier molecular flexibility index (Phi) is 6.76. The second kappa shape index (κ2) is 8.88. The quantitative estimate of drug-likeness (QED) is 0.357. The minimum atomic E-state index is 0.203. The van der Waals surface area contributed by atoms with Crippen molar-refractivity contribution in [2.24, 2.45) is 10.8 Å². The maximum Gasteiger partial charge on any atom is 0.122 e. The molecule has 2 aliphatic rings. The van der Waals surface area contributed by atoms with Crippen LogP contribution in [-0.4, -0.2) is 10.2 Å². The Hall–Kier alpha value is -1.18. The van der Waals surface area contributed by atoms with Crippen LogP contribution in [0, 0.1) is 10.8 Å². The van der Waals surface area contributed by atoms with Crippen LogP contribution in [-0.2, 0) is 12.8 Å². The van der Waals surface area contributed by atoms with E-state index >= 15 is 0 Å². The first kappa shape index (κ1) is 20.6. The van der Waals surface area contributed by atoms with E-state index in [2.05, 4.69) is 13.8 Å². The lowest BCUT2D eigenvalue weighted by molar-refractivity contribution is 0.441.